The molecule has 0 aromatic heterocycles. The summed E-state index contributed by atoms with van der Waals surface area (Å²) >= 11 is 0. The first-order valence-corrected chi connectivity index (χ1v) is 7.67. The van der Waals surface area contributed by atoms with E-state index in [9.17, 15) is 9.00 Å². The van der Waals surface area contributed by atoms with Crippen LogP contribution < -0.4 is 5.73 Å². The van der Waals surface area contributed by atoms with Crippen molar-refractivity contribution in [3.05, 3.63) is 29.3 Å². The lowest BCUT2D eigenvalue weighted by molar-refractivity contribution is -0.127. The van der Waals surface area contributed by atoms with Gasteiger partial charge in [-0.2, -0.15) is 0 Å². The number of amides is 1. The van der Waals surface area contributed by atoms with Crippen LogP contribution in [0.4, 0.5) is 0 Å². The minimum absolute atomic E-state index is 0.0313. The van der Waals surface area contributed by atoms with Gasteiger partial charge in [0.15, 0.2) is 0 Å². The van der Waals surface area contributed by atoms with Crippen molar-refractivity contribution in [1.29, 1.82) is 0 Å². The number of nitrogens with two attached hydrogens (primary N) is 1. The van der Waals surface area contributed by atoms with Crippen molar-refractivity contribution in [3.8, 4) is 0 Å². The number of benzene rings is 1. The van der Waals surface area contributed by atoms with Crippen LogP contribution in [-0.4, -0.2) is 40.9 Å². The Morgan fingerprint density at radius 2 is 2.00 bits per heavy atom. The van der Waals surface area contributed by atoms with Crippen LogP contribution in [0.5, 0.6) is 0 Å². The largest absolute Gasteiger partial charge is 0.345 e. The summed E-state index contributed by atoms with van der Waals surface area (Å²) < 4.78 is 12.1. The van der Waals surface area contributed by atoms with E-state index in [1.165, 1.54) is 0 Å². The summed E-state index contributed by atoms with van der Waals surface area (Å²) in [5.74, 6) is -0.0751. The zero-order valence-corrected chi connectivity index (χ0v) is 12.6. The van der Waals surface area contributed by atoms with Crippen molar-refractivity contribution in [1.82, 2.24) is 4.90 Å². The molecular formula is C14H22N2O2S. The Morgan fingerprint density at radius 3 is 2.58 bits per heavy atom. The number of carbonyl (C=O) groups is 1. The summed E-state index contributed by atoms with van der Waals surface area (Å²) in [6, 6.07) is 5.65. The molecular weight excluding hydrogens is 260 g/mol. The van der Waals surface area contributed by atoms with Crippen molar-refractivity contribution >= 4 is 16.7 Å². The standard InChI is InChI=1S/C14H22N2O2S/c1-11-5-6-13(9-12(11)2)19(18)10-14(17)16(3)8-4-7-15/h5-6,9H,4,7-8,10,15H2,1-3H3. The second kappa shape index (κ2) is 7.40. The Balaban J connectivity index is 2.63. The topological polar surface area (TPSA) is 63.4 Å². The zero-order chi connectivity index (χ0) is 14.4. The lowest BCUT2D eigenvalue weighted by Gasteiger charge is -2.16. The fraction of sp³-hybridized carbons (Fsp3) is 0.500. The average Bonchev–Trinajstić information content (AvgIpc) is 2.38. The lowest BCUT2D eigenvalue weighted by atomic mass is 10.1. The highest BCUT2D eigenvalue weighted by molar-refractivity contribution is 7.85. The summed E-state index contributed by atoms with van der Waals surface area (Å²) in [4.78, 5) is 14.2. The van der Waals surface area contributed by atoms with Gasteiger partial charge in [0.2, 0.25) is 5.91 Å². The summed E-state index contributed by atoms with van der Waals surface area (Å²) in [5, 5.41) is 0. The highest BCUT2D eigenvalue weighted by Gasteiger charge is 2.14. The van der Waals surface area contributed by atoms with Crippen molar-refractivity contribution in [2.75, 3.05) is 25.9 Å². The number of hydrogen-bond donors (Lipinski definition) is 1. The molecule has 0 aliphatic carbocycles. The molecule has 0 fully saturated rings. The van der Waals surface area contributed by atoms with E-state index in [1.54, 1.807) is 11.9 Å². The molecule has 1 amide bonds. The molecule has 1 atom stereocenters. The maximum absolute atomic E-state index is 12.1. The van der Waals surface area contributed by atoms with Gasteiger partial charge in [0, 0.05) is 18.5 Å². The third kappa shape index (κ3) is 4.76. The number of rotatable bonds is 6. The Morgan fingerprint density at radius 1 is 1.32 bits per heavy atom. The van der Waals surface area contributed by atoms with Gasteiger partial charge in [-0.1, -0.05) is 6.07 Å². The highest BCUT2D eigenvalue weighted by Crippen LogP contribution is 2.13. The van der Waals surface area contributed by atoms with Crippen LogP contribution >= 0.6 is 0 Å². The zero-order valence-electron chi connectivity index (χ0n) is 11.8. The molecule has 106 valence electrons. The van der Waals surface area contributed by atoms with Gasteiger partial charge >= 0.3 is 0 Å². The minimum atomic E-state index is -1.28. The second-order valence-electron chi connectivity index (χ2n) is 4.69. The van der Waals surface area contributed by atoms with Crippen LogP contribution in [0.25, 0.3) is 0 Å². The van der Waals surface area contributed by atoms with Crippen LogP contribution in [-0.2, 0) is 15.6 Å². The van der Waals surface area contributed by atoms with E-state index in [0.717, 1.165) is 17.5 Å². The number of aryl methyl sites for hydroxylation is 2. The fourth-order valence-corrected chi connectivity index (χ4v) is 2.75. The van der Waals surface area contributed by atoms with Crippen LogP contribution in [0.15, 0.2) is 23.1 Å². The van der Waals surface area contributed by atoms with Gasteiger partial charge in [0.05, 0.1) is 10.8 Å². The lowest BCUT2D eigenvalue weighted by Crippen LogP contribution is -2.32. The number of carbonyl (C=O) groups excluding carboxylic acids is 1. The van der Waals surface area contributed by atoms with E-state index in [-0.39, 0.29) is 11.7 Å². The van der Waals surface area contributed by atoms with Gasteiger partial charge in [-0.15, -0.1) is 0 Å². The summed E-state index contributed by atoms with van der Waals surface area (Å²) in [6.07, 6.45) is 0.762. The molecule has 0 radical (unpaired) electrons. The SMILES string of the molecule is Cc1ccc(S(=O)CC(=O)N(C)CCCN)cc1C. The maximum atomic E-state index is 12.1. The van der Waals surface area contributed by atoms with E-state index in [1.807, 2.05) is 32.0 Å². The van der Waals surface area contributed by atoms with Gasteiger partial charge in [-0.25, -0.2) is 0 Å². The monoisotopic (exact) mass is 282 g/mol. The van der Waals surface area contributed by atoms with Crippen LogP contribution in [0, 0.1) is 13.8 Å². The maximum Gasteiger partial charge on any atom is 0.235 e. The number of hydrogen-bond acceptors (Lipinski definition) is 3. The van der Waals surface area contributed by atoms with E-state index in [2.05, 4.69) is 0 Å². The molecule has 5 heteroatoms. The minimum Gasteiger partial charge on any atom is -0.345 e. The summed E-state index contributed by atoms with van der Waals surface area (Å²) in [6.45, 7) is 5.15. The van der Waals surface area contributed by atoms with Gasteiger partial charge in [0.25, 0.3) is 0 Å². The molecule has 4 nitrogen and oxygen atoms in total. The third-order valence-corrected chi connectivity index (χ3v) is 4.41. The van der Waals surface area contributed by atoms with Gasteiger partial charge in [0.1, 0.15) is 5.75 Å². The van der Waals surface area contributed by atoms with E-state index in [4.69, 9.17) is 5.73 Å². The molecule has 0 aliphatic rings. The Labute approximate surface area is 117 Å². The molecule has 1 rings (SSSR count). The molecule has 19 heavy (non-hydrogen) atoms. The predicted molar refractivity (Wildman–Crippen MR) is 78.5 cm³/mol. The van der Waals surface area contributed by atoms with E-state index >= 15 is 0 Å². The summed E-state index contributed by atoms with van der Waals surface area (Å²) in [5.41, 5.74) is 7.65. The van der Waals surface area contributed by atoms with Crippen LogP contribution in [0.2, 0.25) is 0 Å². The first-order chi connectivity index (χ1) is 8.95. The predicted octanol–water partition coefficient (Wildman–Crippen LogP) is 1.22. The average molecular weight is 282 g/mol. The highest BCUT2D eigenvalue weighted by atomic mass is 32.2. The molecule has 0 saturated carbocycles. The Kier molecular flexibility index (Phi) is 6.18. The third-order valence-electron chi connectivity index (χ3n) is 3.12. The first kappa shape index (κ1) is 15.9. The van der Waals surface area contributed by atoms with E-state index in [0.29, 0.717) is 18.0 Å². The van der Waals surface area contributed by atoms with E-state index < -0.39 is 10.8 Å². The van der Waals surface area contributed by atoms with Gasteiger partial charge in [-0.3, -0.25) is 9.00 Å². The molecule has 0 saturated heterocycles. The number of nitrogens with zero attached hydrogens (tertiary/aromatic N) is 1. The van der Waals surface area contributed by atoms with Gasteiger partial charge < -0.3 is 10.6 Å². The molecule has 2 N–H and O–H groups in total. The van der Waals surface area contributed by atoms with Crippen molar-refractivity contribution in [2.24, 2.45) is 5.73 Å². The van der Waals surface area contributed by atoms with Crippen LogP contribution in [0.1, 0.15) is 17.5 Å². The smallest absolute Gasteiger partial charge is 0.235 e. The summed E-state index contributed by atoms with van der Waals surface area (Å²) in [7, 11) is 0.437. The molecule has 0 heterocycles. The van der Waals surface area contributed by atoms with Crippen molar-refractivity contribution < 1.29 is 9.00 Å². The quantitative estimate of drug-likeness (QED) is 0.853. The first-order valence-electron chi connectivity index (χ1n) is 6.35. The normalized spacial score (nSPS) is 12.2. The van der Waals surface area contributed by atoms with Crippen molar-refractivity contribution in [3.63, 3.8) is 0 Å². The fourth-order valence-electron chi connectivity index (χ4n) is 1.61. The molecule has 0 aliphatic heterocycles. The van der Waals surface area contributed by atoms with Gasteiger partial charge in [-0.05, 0) is 50.1 Å². The second-order valence-corrected chi connectivity index (χ2v) is 6.14. The molecule has 0 spiro atoms. The van der Waals surface area contributed by atoms with Crippen molar-refractivity contribution in [2.45, 2.75) is 25.2 Å². The molecule has 1 aromatic rings. The Bertz CT molecular complexity index is 475. The molecule has 1 unspecified atom stereocenters. The Hall–Kier alpha value is -1.20. The van der Waals surface area contributed by atoms with Crippen LogP contribution in [0.3, 0.4) is 0 Å². The molecule has 1 aromatic carbocycles. The molecule has 0 bridgehead atoms.